The Labute approximate surface area is 157 Å². The molecule has 0 atom stereocenters. The minimum absolute atomic E-state index is 0.109. The number of halogens is 3. The van der Waals surface area contributed by atoms with Crippen molar-refractivity contribution in [1.29, 1.82) is 0 Å². The van der Waals surface area contributed by atoms with E-state index in [0.717, 1.165) is 0 Å². The van der Waals surface area contributed by atoms with Gasteiger partial charge >= 0.3 is 12.1 Å². The first-order chi connectivity index (χ1) is 13.3. The molecule has 7 nitrogen and oxygen atoms in total. The van der Waals surface area contributed by atoms with E-state index in [4.69, 9.17) is 14.2 Å². The van der Waals surface area contributed by atoms with Crippen molar-refractivity contribution >= 4 is 11.5 Å². The van der Waals surface area contributed by atoms with E-state index in [2.05, 4.69) is 10.1 Å². The number of fused-ring (bicyclic) bond motifs is 1. The number of carbonyl (C=O) groups is 1. The summed E-state index contributed by atoms with van der Waals surface area (Å²) in [5.41, 5.74) is 1.45. The Morgan fingerprint density at radius 1 is 1.29 bits per heavy atom. The zero-order chi connectivity index (χ0) is 20.3. The highest BCUT2D eigenvalue weighted by Crippen LogP contribution is 2.31. The molecule has 0 fully saturated rings. The number of nitrogens with zero attached hydrogens (tertiary/aromatic N) is 3. The summed E-state index contributed by atoms with van der Waals surface area (Å²) >= 11 is 0. The number of hydrogen-bond acceptors (Lipinski definition) is 6. The zero-order valence-electron chi connectivity index (χ0n) is 15.0. The Bertz CT molecular complexity index is 1000. The van der Waals surface area contributed by atoms with Crippen molar-refractivity contribution in [3.63, 3.8) is 0 Å². The summed E-state index contributed by atoms with van der Waals surface area (Å²) < 4.78 is 53.9. The van der Waals surface area contributed by atoms with Crippen LogP contribution < -0.4 is 9.47 Å². The van der Waals surface area contributed by atoms with Crippen LogP contribution >= 0.6 is 0 Å². The van der Waals surface area contributed by atoms with Gasteiger partial charge in [-0.15, -0.1) is 0 Å². The lowest BCUT2D eigenvalue weighted by Crippen LogP contribution is -2.19. The number of pyridine rings is 2. The maximum atomic E-state index is 12.4. The monoisotopic (exact) mass is 395 g/mol. The van der Waals surface area contributed by atoms with Crippen molar-refractivity contribution in [2.24, 2.45) is 0 Å². The molecule has 0 N–H and O–H groups in total. The predicted molar refractivity (Wildman–Crippen MR) is 91.8 cm³/mol. The molecule has 0 aliphatic carbocycles. The van der Waals surface area contributed by atoms with Crippen LogP contribution in [0.1, 0.15) is 23.0 Å². The molecule has 0 aliphatic rings. The van der Waals surface area contributed by atoms with Crippen LogP contribution in [-0.4, -0.2) is 40.5 Å². The average Bonchev–Trinajstić information content (AvgIpc) is 3.04. The second-order valence-electron chi connectivity index (χ2n) is 5.68. The summed E-state index contributed by atoms with van der Waals surface area (Å²) in [6.07, 6.45) is -1.03. The number of aryl methyl sites for hydroxylation is 1. The molecule has 3 aromatic heterocycles. The molecule has 0 bridgehead atoms. The second kappa shape index (κ2) is 7.75. The first-order valence-corrected chi connectivity index (χ1v) is 8.24. The van der Waals surface area contributed by atoms with E-state index in [9.17, 15) is 18.0 Å². The highest BCUT2D eigenvalue weighted by molar-refractivity contribution is 5.91. The Kier molecular flexibility index (Phi) is 5.39. The molecule has 0 spiro atoms. The van der Waals surface area contributed by atoms with Gasteiger partial charge in [0.2, 0.25) is 0 Å². The number of methoxy groups -OCH3 is 1. The summed E-state index contributed by atoms with van der Waals surface area (Å²) in [6, 6.07) is 5.93. The number of aromatic nitrogens is 3. The van der Waals surface area contributed by atoms with E-state index < -0.39 is 18.8 Å². The third-order valence-electron chi connectivity index (χ3n) is 3.78. The highest BCUT2D eigenvalue weighted by atomic mass is 19.4. The first kappa shape index (κ1) is 19.5. The normalized spacial score (nSPS) is 11.5. The largest absolute Gasteiger partial charge is 0.478 e. The fourth-order valence-corrected chi connectivity index (χ4v) is 2.58. The lowest BCUT2D eigenvalue weighted by atomic mass is 10.1. The molecule has 3 rings (SSSR count). The van der Waals surface area contributed by atoms with Crippen LogP contribution in [-0.2, 0) is 11.2 Å². The van der Waals surface area contributed by atoms with Gasteiger partial charge in [-0.2, -0.15) is 18.3 Å². The van der Waals surface area contributed by atoms with E-state index in [-0.39, 0.29) is 17.3 Å². The number of esters is 1. The quantitative estimate of drug-likeness (QED) is 0.591. The molecular weight excluding hydrogens is 379 g/mol. The molecule has 148 valence electrons. The number of rotatable bonds is 6. The number of carbonyl (C=O) groups excluding carboxylic acids is 1. The average molecular weight is 395 g/mol. The van der Waals surface area contributed by atoms with Gasteiger partial charge in [0.05, 0.1) is 12.6 Å². The van der Waals surface area contributed by atoms with Crippen molar-refractivity contribution in [2.45, 2.75) is 19.5 Å². The Morgan fingerprint density at radius 2 is 2.07 bits per heavy atom. The molecular formula is C18H16F3N3O4. The summed E-state index contributed by atoms with van der Waals surface area (Å²) in [6.45, 7) is 0.401. The second-order valence-corrected chi connectivity index (χ2v) is 5.68. The van der Waals surface area contributed by atoms with Crippen molar-refractivity contribution in [3.8, 4) is 17.4 Å². The first-order valence-electron chi connectivity index (χ1n) is 8.24. The third kappa shape index (κ3) is 4.16. The van der Waals surface area contributed by atoms with E-state index in [1.165, 1.54) is 30.0 Å². The van der Waals surface area contributed by atoms with E-state index in [0.29, 0.717) is 23.3 Å². The summed E-state index contributed by atoms with van der Waals surface area (Å²) in [7, 11) is 1.27. The maximum absolute atomic E-state index is 12.4. The maximum Gasteiger partial charge on any atom is 0.422 e. The van der Waals surface area contributed by atoms with Crippen LogP contribution in [0.15, 0.2) is 36.7 Å². The molecule has 10 heteroatoms. The smallest absolute Gasteiger partial charge is 0.422 e. The van der Waals surface area contributed by atoms with E-state index >= 15 is 0 Å². The van der Waals surface area contributed by atoms with Gasteiger partial charge in [0.15, 0.2) is 18.1 Å². The van der Waals surface area contributed by atoms with E-state index in [1.807, 2.05) is 6.92 Å². The number of hydrogen-bond donors (Lipinski definition) is 0. The molecule has 0 amide bonds. The van der Waals surface area contributed by atoms with Crippen molar-refractivity contribution in [2.75, 3.05) is 13.7 Å². The molecule has 0 radical (unpaired) electrons. The van der Waals surface area contributed by atoms with Gasteiger partial charge in [-0.25, -0.2) is 14.3 Å². The SMILES string of the molecule is CCc1c(C(=O)OC)nn2ccc(Oc3ncccc3OCC(F)(F)F)cc12. The molecule has 3 aromatic rings. The van der Waals surface area contributed by atoms with Crippen molar-refractivity contribution in [3.05, 3.63) is 47.9 Å². The zero-order valence-corrected chi connectivity index (χ0v) is 15.0. The van der Waals surface area contributed by atoms with Crippen molar-refractivity contribution in [1.82, 2.24) is 14.6 Å². The van der Waals surface area contributed by atoms with Gasteiger partial charge in [0.25, 0.3) is 5.88 Å². The minimum Gasteiger partial charge on any atom is -0.478 e. The van der Waals surface area contributed by atoms with Crippen LogP contribution in [0.4, 0.5) is 13.2 Å². The van der Waals surface area contributed by atoms with Gasteiger partial charge in [0, 0.05) is 24.0 Å². The Morgan fingerprint density at radius 3 is 2.75 bits per heavy atom. The van der Waals surface area contributed by atoms with Crippen LogP contribution in [0, 0.1) is 0 Å². The van der Waals surface area contributed by atoms with Gasteiger partial charge in [-0.1, -0.05) is 6.92 Å². The third-order valence-corrected chi connectivity index (χ3v) is 3.78. The lowest BCUT2D eigenvalue weighted by Gasteiger charge is -2.12. The predicted octanol–water partition coefficient (Wildman–Crippen LogP) is 3.81. The molecule has 0 aromatic carbocycles. The summed E-state index contributed by atoms with van der Waals surface area (Å²) in [5.74, 6) is -0.509. The number of ether oxygens (including phenoxy) is 3. The standard InChI is InChI=1S/C18H16F3N3O4/c1-3-12-13-9-11(6-8-24(13)23-15(12)17(25)26-2)28-16-14(5-4-7-22-16)27-10-18(19,20)21/h4-9H,3,10H2,1-2H3. The fourth-order valence-electron chi connectivity index (χ4n) is 2.58. The van der Waals surface area contributed by atoms with Gasteiger partial charge in [0.1, 0.15) is 5.75 Å². The molecule has 0 unspecified atom stereocenters. The van der Waals surface area contributed by atoms with Gasteiger partial charge < -0.3 is 14.2 Å². The lowest BCUT2D eigenvalue weighted by molar-refractivity contribution is -0.153. The fraction of sp³-hybridized carbons (Fsp3) is 0.278. The Balaban J connectivity index is 1.92. The highest BCUT2D eigenvalue weighted by Gasteiger charge is 2.29. The van der Waals surface area contributed by atoms with Crippen LogP contribution in [0.2, 0.25) is 0 Å². The Hall–Kier alpha value is -3.30. The molecule has 0 aliphatic heterocycles. The van der Waals surface area contributed by atoms with Crippen molar-refractivity contribution < 1.29 is 32.2 Å². The minimum atomic E-state index is -4.48. The summed E-state index contributed by atoms with van der Waals surface area (Å²) in [4.78, 5) is 15.8. The molecule has 28 heavy (non-hydrogen) atoms. The van der Waals surface area contributed by atoms with Gasteiger partial charge in [-0.3, -0.25) is 0 Å². The molecule has 0 saturated heterocycles. The van der Waals surface area contributed by atoms with Gasteiger partial charge in [-0.05, 0) is 24.6 Å². The number of alkyl halides is 3. The van der Waals surface area contributed by atoms with E-state index in [1.54, 1.807) is 18.3 Å². The van der Waals surface area contributed by atoms with Crippen LogP contribution in [0.5, 0.6) is 17.4 Å². The summed E-state index contributed by atoms with van der Waals surface area (Å²) in [5, 5.41) is 4.20. The topological polar surface area (TPSA) is 75.0 Å². The van der Waals surface area contributed by atoms with Crippen LogP contribution in [0.25, 0.3) is 5.52 Å². The molecule has 0 saturated carbocycles. The van der Waals surface area contributed by atoms with Crippen LogP contribution in [0.3, 0.4) is 0 Å². The molecule has 3 heterocycles.